The molecule has 5 heteroatoms. The Balaban J connectivity index is 2.28. The van der Waals surface area contributed by atoms with E-state index >= 15 is 0 Å². The molecule has 1 spiro atoms. The molecule has 2 aliphatic rings. The van der Waals surface area contributed by atoms with Crippen molar-refractivity contribution in [2.45, 2.75) is 77.8 Å². The monoisotopic (exact) mass is 340 g/mol. The van der Waals surface area contributed by atoms with Crippen LogP contribution in [-0.2, 0) is 18.1 Å². The molecule has 2 saturated heterocycles. The van der Waals surface area contributed by atoms with Gasteiger partial charge in [-0.3, -0.25) is 0 Å². The van der Waals surface area contributed by atoms with Gasteiger partial charge in [0.15, 0.2) is 0 Å². The number of benzene rings is 1. The molecule has 0 amide bonds. The van der Waals surface area contributed by atoms with Gasteiger partial charge in [-0.15, -0.1) is 0 Å². The van der Waals surface area contributed by atoms with Gasteiger partial charge in [-0.1, -0.05) is 0 Å². The van der Waals surface area contributed by atoms with Crippen molar-refractivity contribution < 1.29 is 18.1 Å². The van der Waals surface area contributed by atoms with E-state index in [0.717, 1.165) is 5.30 Å². The van der Waals surface area contributed by atoms with Gasteiger partial charge >= 0.3 is 139 Å². The second-order valence-electron chi connectivity index (χ2n) is 8.55. The molecule has 2 aliphatic heterocycles. The molecule has 1 aromatic carbocycles. The first-order chi connectivity index (χ1) is 10.3. The van der Waals surface area contributed by atoms with Crippen molar-refractivity contribution in [1.29, 1.82) is 0 Å². The van der Waals surface area contributed by atoms with Gasteiger partial charge in [0.2, 0.25) is 0 Å². The third-order valence-electron chi connectivity index (χ3n) is 5.62. The van der Waals surface area contributed by atoms with E-state index < -0.39 is 29.9 Å². The Morgan fingerprint density at radius 1 is 0.565 bits per heavy atom. The summed E-state index contributed by atoms with van der Waals surface area (Å²) < 4.78 is 26.5. The molecule has 0 bridgehead atoms. The fraction of sp³-hybridized carbons (Fsp3) is 0.667. The molecule has 4 nitrogen and oxygen atoms in total. The van der Waals surface area contributed by atoms with Crippen LogP contribution in [0.25, 0.3) is 0 Å². The van der Waals surface area contributed by atoms with E-state index in [1.165, 1.54) is 0 Å². The van der Waals surface area contributed by atoms with Crippen molar-refractivity contribution in [3.63, 3.8) is 0 Å². The molecular formula is C18H29O4P. The van der Waals surface area contributed by atoms with E-state index in [1.807, 2.05) is 85.7 Å². The Morgan fingerprint density at radius 2 is 0.870 bits per heavy atom. The molecule has 2 heterocycles. The van der Waals surface area contributed by atoms with Gasteiger partial charge in [0, 0.05) is 0 Å². The Hall–Kier alpha value is -0.510. The Morgan fingerprint density at radius 3 is 1.17 bits per heavy atom. The molecule has 1 aromatic rings. The third-order valence-corrected chi connectivity index (χ3v) is 9.85. The Bertz CT molecular complexity index is 558. The van der Waals surface area contributed by atoms with Crippen LogP contribution >= 0.6 is 7.51 Å². The maximum atomic E-state index is 6.62. The van der Waals surface area contributed by atoms with Crippen molar-refractivity contribution in [1.82, 2.24) is 0 Å². The first kappa shape index (κ1) is 17.3. The molecule has 23 heavy (non-hydrogen) atoms. The van der Waals surface area contributed by atoms with E-state index in [-0.39, 0.29) is 0 Å². The topological polar surface area (TPSA) is 36.9 Å². The molecule has 130 valence electrons. The normalized spacial score (nSPS) is 33.1. The molecular weight excluding hydrogens is 311 g/mol. The summed E-state index contributed by atoms with van der Waals surface area (Å²) >= 11 is 0. The van der Waals surface area contributed by atoms with Crippen molar-refractivity contribution >= 4 is 12.8 Å². The van der Waals surface area contributed by atoms with Crippen LogP contribution in [0.2, 0.25) is 0 Å². The van der Waals surface area contributed by atoms with Crippen LogP contribution in [0.4, 0.5) is 0 Å². The van der Waals surface area contributed by atoms with Gasteiger partial charge < -0.3 is 0 Å². The van der Waals surface area contributed by atoms with Crippen molar-refractivity contribution in [3.8, 4) is 0 Å². The first-order valence-electron chi connectivity index (χ1n) is 8.18. The summed E-state index contributed by atoms with van der Waals surface area (Å²) in [5.41, 5.74) is -2.18. The summed E-state index contributed by atoms with van der Waals surface area (Å²) in [6.45, 7) is 16.2. The summed E-state index contributed by atoms with van der Waals surface area (Å²) in [4.78, 5) is 0. The van der Waals surface area contributed by atoms with Gasteiger partial charge in [-0.2, -0.15) is 0 Å². The standard InChI is InChI=1S/C18H29O4P/c1-15(2)16(3,4)20-23(19-15,14-12-10-9-11-13-14)21-17(5,6)18(7,8)22-23/h9-13H,1-8H3. The zero-order valence-electron chi connectivity index (χ0n) is 15.5. The van der Waals surface area contributed by atoms with Crippen LogP contribution in [0.3, 0.4) is 0 Å². The summed E-state index contributed by atoms with van der Waals surface area (Å²) in [6.07, 6.45) is 0. The van der Waals surface area contributed by atoms with Crippen LogP contribution in [0.5, 0.6) is 0 Å². The third kappa shape index (κ3) is 2.16. The molecule has 0 radical (unpaired) electrons. The minimum absolute atomic E-state index is 0.544. The number of hydrogen-bond acceptors (Lipinski definition) is 4. The molecule has 0 aromatic heterocycles. The fourth-order valence-electron chi connectivity index (χ4n) is 3.01. The van der Waals surface area contributed by atoms with Gasteiger partial charge in [-0.25, -0.2) is 0 Å². The molecule has 2 fully saturated rings. The summed E-state index contributed by atoms with van der Waals surface area (Å²) in [5, 5.41) is 0.843. The zero-order valence-corrected chi connectivity index (χ0v) is 16.4. The average molecular weight is 340 g/mol. The van der Waals surface area contributed by atoms with E-state index in [4.69, 9.17) is 18.1 Å². The molecule has 0 aliphatic carbocycles. The van der Waals surface area contributed by atoms with E-state index in [2.05, 4.69) is 0 Å². The maximum absolute atomic E-state index is 6.62. The van der Waals surface area contributed by atoms with Crippen molar-refractivity contribution in [2.24, 2.45) is 0 Å². The minimum atomic E-state index is -3.94. The van der Waals surface area contributed by atoms with E-state index in [0.29, 0.717) is 0 Å². The van der Waals surface area contributed by atoms with Gasteiger partial charge in [0.05, 0.1) is 0 Å². The Kier molecular flexibility index (Phi) is 3.28. The summed E-state index contributed by atoms with van der Waals surface area (Å²) in [5.74, 6) is 0. The summed E-state index contributed by atoms with van der Waals surface area (Å²) in [6, 6.07) is 9.86. The molecule has 0 N–H and O–H groups in total. The van der Waals surface area contributed by atoms with Crippen LogP contribution < -0.4 is 5.30 Å². The molecule has 0 unspecified atom stereocenters. The molecule has 3 rings (SSSR count). The van der Waals surface area contributed by atoms with Crippen molar-refractivity contribution in [2.75, 3.05) is 0 Å². The van der Waals surface area contributed by atoms with Gasteiger partial charge in [0.25, 0.3) is 0 Å². The molecule has 0 atom stereocenters. The summed E-state index contributed by atoms with van der Waals surface area (Å²) in [7, 11) is -3.94. The quantitative estimate of drug-likeness (QED) is 0.692. The fourth-order valence-corrected chi connectivity index (χ4v) is 8.34. The number of hydrogen-bond donors (Lipinski definition) is 0. The van der Waals surface area contributed by atoms with Crippen LogP contribution in [0, 0.1) is 0 Å². The van der Waals surface area contributed by atoms with Crippen LogP contribution in [0.15, 0.2) is 30.3 Å². The van der Waals surface area contributed by atoms with E-state index in [9.17, 15) is 0 Å². The zero-order chi connectivity index (χ0) is 17.4. The molecule has 0 saturated carbocycles. The second kappa shape index (κ2) is 4.36. The SMILES string of the molecule is CC1(C)OP2(c3ccccc3)(OC1(C)C)OC(C)(C)C(C)(C)O2. The predicted octanol–water partition coefficient (Wildman–Crippen LogP) is 4.73. The van der Waals surface area contributed by atoms with E-state index in [1.54, 1.807) is 0 Å². The predicted molar refractivity (Wildman–Crippen MR) is 93.7 cm³/mol. The van der Waals surface area contributed by atoms with Gasteiger partial charge in [-0.05, 0) is 0 Å². The van der Waals surface area contributed by atoms with Gasteiger partial charge in [0.1, 0.15) is 0 Å². The van der Waals surface area contributed by atoms with Crippen LogP contribution in [0.1, 0.15) is 55.4 Å². The second-order valence-corrected chi connectivity index (χ2v) is 11.4. The average Bonchev–Trinajstić information content (AvgIpc) is 2.62. The Labute approximate surface area is 139 Å². The van der Waals surface area contributed by atoms with Crippen molar-refractivity contribution in [3.05, 3.63) is 30.3 Å². The first-order valence-corrected chi connectivity index (χ1v) is 10.1. The number of rotatable bonds is 1. The van der Waals surface area contributed by atoms with Crippen LogP contribution in [-0.4, -0.2) is 22.4 Å².